The third-order valence-corrected chi connectivity index (χ3v) is 3.65. The molecule has 0 aliphatic heterocycles. The van der Waals surface area contributed by atoms with Crippen LogP contribution in [0.15, 0.2) is 53.0 Å². The largest absolute Gasteiger partial charge is 0.457 e. The highest BCUT2D eigenvalue weighted by Crippen LogP contribution is 2.29. The smallest absolute Gasteiger partial charge is 0.133 e. The number of benzene rings is 2. The van der Waals surface area contributed by atoms with Gasteiger partial charge in [0.25, 0.3) is 0 Å². The average molecular weight is 318 g/mol. The molecule has 0 atom stereocenters. The lowest BCUT2D eigenvalue weighted by Gasteiger charge is -2.12. The van der Waals surface area contributed by atoms with Gasteiger partial charge in [0.2, 0.25) is 0 Å². The zero-order valence-electron chi connectivity index (χ0n) is 10.6. The van der Waals surface area contributed by atoms with Gasteiger partial charge in [0, 0.05) is 22.6 Å². The van der Waals surface area contributed by atoms with E-state index in [1.165, 1.54) is 18.4 Å². The normalized spacial score (nSPS) is 14.4. The van der Waals surface area contributed by atoms with E-state index in [1.54, 1.807) is 0 Å². The van der Waals surface area contributed by atoms with Crippen LogP contribution in [0.25, 0.3) is 0 Å². The molecular formula is C16H16BrNO. The summed E-state index contributed by atoms with van der Waals surface area (Å²) in [6, 6.07) is 16.8. The van der Waals surface area contributed by atoms with Crippen molar-refractivity contribution in [1.29, 1.82) is 0 Å². The van der Waals surface area contributed by atoms with Crippen LogP contribution in [0.2, 0.25) is 0 Å². The maximum Gasteiger partial charge on any atom is 0.133 e. The molecule has 0 heterocycles. The molecule has 2 aromatic carbocycles. The van der Waals surface area contributed by atoms with Crippen LogP contribution in [0.5, 0.6) is 11.5 Å². The van der Waals surface area contributed by atoms with E-state index >= 15 is 0 Å². The number of hydrogen-bond donors (Lipinski definition) is 1. The van der Waals surface area contributed by atoms with Crippen LogP contribution in [-0.2, 0) is 6.54 Å². The molecule has 2 nitrogen and oxygen atoms in total. The molecule has 0 unspecified atom stereocenters. The van der Waals surface area contributed by atoms with Crippen molar-refractivity contribution in [3.05, 3.63) is 58.6 Å². The van der Waals surface area contributed by atoms with Gasteiger partial charge in [-0.05, 0) is 37.1 Å². The molecule has 1 fully saturated rings. The van der Waals surface area contributed by atoms with Gasteiger partial charge in [-0.3, -0.25) is 0 Å². The molecule has 2 aromatic rings. The molecule has 1 N–H and O–H groups in total. The van der Waals surface area contributed by atoms with Gasteiger partial charge in [0.05, 0.1) is 0 Å². The summed E-state index contributed by atoms with van der Waals surface area (Å²) in [5.74, 6) is 1.78. The monoisotopic (exact) mass is 317 g/mol. The minimum atomic E-state index is 0.702. The van der Waals surface area contributed by atoms with Gasteiger partial charge >= 0.3 is 0 Å². The molecule has 3 heteroatoms. The minimum absolute atomic E-state index is 0.702. The van der Waals surface area contributed by atoms with Gasteiger partial charge < -0.3 is 10.1 Å². The van der Waals surface area contributed by atoms with Gasteiger partial charge in [-0.1, -0.05) is 40.2 Å². The molecule has 0 spiro atoms. The topological polar surface area (TPSA) is 21.3 Å². The molecule has 0 aromatic heterocycles. The molecule has 1 aliphatic carbocycles. The van der Waals surface area contributed by atoms with Gasteiger partial charge in [-0.25, -0.2) is 0 Å². The third-order valence-electron chi connectivity index (χ3n) is 3.16. The number of rotatable bonds is 5. The summed E-state index contributed by atoms with van der Waals surface area (Å²) in [4.78, 5) is 0. The summed E-state index contributed by atoms with van der Waals surface area (Å²) in [5, 5.41) is 3.52. The van der Waals surface area contributed by atoms with E-state index in [-0.39, 0.29) is 0 Å². The molecule has 1 aliphatic rings. The zero-order chi connectivity index (χ0) is 13.1. The number of para-hydroxylation sites is 1. The fourth-order valence-electron chi connectivity index (χ4n) is 1.93. The molecule has 98 valence electrons. The molecule has 0 saturated heterocycles. The van der Waals surface area contributed by atoms with Crippen LogP contribution in [0.1, 0.15) is 18.4 Å². The van der Waals surface area contributed by atoms with Crippen molar-refractivity contribution in [2.75, 3.05) is 0 Å². The Balaban J connectivity index is 1.78. The summed E-state index contributed by atoms with van der Waals surface area (Å²) >= 11 is 3.50. The lowest BCUT2D eigenvalue weighted by molar-refractivity contribution is 0.472. The maximum absolute atomic E-state index is 5.97. The van der Waals surface area contributed by atoms with E-state index in [4.69, 9.17) is 4.74 Å². The van der Waals surface area contributed by atoms with E-state index in [2.05, 4.69) is 33.4 Å². The van der Waals surface area contributed by atoms with E-state index in [0.717, 1.165) is 22.5 Å². The quantitative estimate of drug-likeness (QED) is 0.877. The summed E-state index contributed by atoms with van der Waals surface area (Å²) < 4.78 is 7.01. The second kappa shape index (κ2) is 5.76. The Morgan fingerprint density at radius 3 is 2.63 bits per heavy atom. The SMILES string of the molecule is Brc1ccc(CNC2CC2)c(Oc2ccccc2)c1. The predicted octanol–water partition coefficient (Wildman–Crippen LogP) is 4.49. The Labute approximate surface area is 121 Å². The van der Waals surface area contributed by atoms with E-state index in [9.17, 15) is 0 Å². The van der Waals surface area contributed by atoms with Crippen LogP contribution < -0.4 is 10.1 Å². The standard InChI is InChI=1S/C16H16BrNO/c17-13-7-6-12(11-18-14-8-9-14)16(10-13)19-15-4-2-1-3-5-15/h1-7,10,14,18H,8-9,11H2. The lowest BCUT2D eigenvalue weighted by Crippen LogP contribution is -2.15. The molecule has 3 rings (SSSR count). The first-order valence-corrected chi connectivity index (χ1v) is 7.35. The molecule has 19 heavy (non-hydrogen) atoms. The van der Waals surface area contributed by atoms with Crippen molar-refractivity contribution in [2.24, 2.45) is 0 Å². The third kappa shape index (κ3) is 3.58. The number of halogens is 1. The highest BCUT2D eigenvalue weighted by molar-refractivity contribution is 9.10. The van der Waals surface area contributed by atoms with E-state index < -0.39 is 0 Å². The van der Waals surface area contributed by atoms with Crippen LogP contribution in [0.4, 0.5) is 0 Å². The van der Waals surface area contributed by atoms with Crippen molar-refractivity contribution < 1.29 is 4.74 Å². The number of nitrogens with one attached hydrogen (secondary N) is 1. The molecule has 1 saturated carbocycles. The van der Waals surface area contributed by atoms with E-state index in [1.807, 2.05) is 36.4 Å². The minimum Gasteiger partial charge on any atom is -0.457 e. The van der Waals surface area contributed by atoms with Crippen molar-refractivity contribution in [3.63, 3.8) is 0 Å². The molecular weight excluding hydrogens is 302 g/mol. The van der Waals surface area contributed by atoms with Crippen molar-refractivity contribution >= 4 is 15.9 Å². The van der Waals surface area contributed by atoms with Gasteiger partial charge in [0.15, 0.2) is 0 Å². The summed E-state index contributed by atoms with van der Waals surface area (Å²) in [5.41, 5.74) is 1.19. The second-order valence-electron chi connectivity index (χ2n) is 4.82. The Bertz CT molecular complexity index is 552. The van der Waals surface area contributed by atoms with Crippen molar-refractivity contribution in [1.82, 2.24) is 5.32 Å². The first-order valence-electron chi connectivity index (χ1n) is 6.56. The summed E-state index contributed by atoms with van der Waals surface area (Å²) in [6.45, 7) is 0.861. The zero-order valence-corrected chi connectivity index (χ0v) is 12.2. The summed E-state index contributed by atoms with van der Waals surface area (Å²) in [7, 11) is 0. The predicted molar refractivity (Wildman–Crippen MR) is 80.5 cm³/mol. The summed E-state index contributed by atoms with van der Waals surface area (Å²) in [6.07, 6.45) is 2.59. The average Bonchev–Trinajstić information content (AvgIpc) is 3.23. The fourth-order valence-corrected chi connectivity index (χ4v) is 2.27. The Hall–Kier alpha value is -1.32. The fraction of sp³-hybridized carbons (Fsp3) is 0.250. The number of ether oxygens (including phenoxy) is 1. The second-order valence-corrected chi connectivity index (χ2v) is 5.74. The van der Waals surface area contributed by atoms with Crippen LogP contribution in [0, 0.1) is 0 Å². The van der Waals surface area contributed by atoms with Crippen molar-refractivity contribution in [2.45, 2.75) is 25.4 Å². The Morgan fingerprint density at radius 2 is 1.89 bits per heavy atom. The first kappa shape index (κ1) is 12.7. The van der Waals surface area contributed by atoms with Crippen LogP contribution >= 0.6 is 15.9 Å². The van der Waals surface area contributed by atoms with Crippen molar-refractivity contribution in [3.8, 4) is 11.5 Å². The first-order chi connectivity index (χ1) is 9.31. The van der Waals surface area contributed by atoms with Crippen LogP contribution in [-0.4, -0.2) is 6.04 Å². The molecule has 0 radical (unpaired) electrons. The highest BCUT2D eigenvalue weighted by atomic mass is 79.9. The van der Waals surface area contributed by atoms with E-state index in [0.29, 0.717) is 6.04 Å². The van der Waals surface area contributed by atoms with Gasteiger partial charge in [0.1, 0.15) is 11.5 Å². The Morgan fingerprint density at radius 1 is 1.11 bits per heavy atom. The number of hydrogen-bond acceptors (Lipinski definition) is 2. The maximum atomic E-state index is 5.97. The highest BCUT2D eigenvalue weighted by Gasteiger charge is 2.20. The Kier molecular flexibility index (Phi) is 3.85. The molecule has 0 bridgehead atoms. The van der Waals surface area contributed by atoms with Gasteiger partial charge in [-0.15, -0.1) is 0 Å². The van der Waals surface area contributed by atoms with Gasteiger partial charge in [-0.2, -0.15) is 0 Å². The van der Waals surface area contributed by atoms with Crippen LogP contribution in [0.3, 0.4) is 0 Å². The molecule has 0 amide bonds. The lowest BCUT2D eigenvalue weighted by atomic mass is 10.2.